The molecule has 0 heterocycles. The predicted octanol–water partition coefficient (Wildman–Crippen LogP) is 4.30. The first-order valence-electron chi connectivity index (χ1n) is 8.00. The molecule has 0 fully saturated rings. The first-order valence-corrected chi connectivity index (χ1v) is 8.00. The molecule has 25 heavy (non-hydrogen) atoms. The molecule has 0 aliphatic carbocycles. The third-order valence-corrected chi connectivity index (χ3v) is 3.76. The van der Waals surface area contributed by atoms with Gasteiger partial charge in [-0.3, -0.25) is 14.9 Å². The fraction of sp³-hybridized carbons (Fsp3) is 0.316. The number of nitrogens with one attached hydrogen (secondary N) is 1. The number of ether oxygens (including phenoxy) is 1. The van der Waals surface area contributed by atoms with Gasteiger partial charge in [-0.2, -0.15) is 0 Å². The number of carbonyl (C=O) groups excluding carboxylic acids is 1. The average Bonchev–Trinajstić information content (AvgIpc) is 2.54. The molecule has 0 radical (unpaired) electrons. The second-order valence-corrected chi connectivity index (χ2v) is 6.80. The summed E-state index contributed by atoms with van der Waals surface area (Å²) in [4.78, 5) is 22.7. The number of anilines is 1. The van der Waals surface area contributed by atoms with Crippen molar-refractivity contribution in [3.8, 4) is 5.75 Å². The van der Waals surface area contributed by atoms with Gasteiger partial charge >= 0.3 is 0 Å². The lowest BCUT2D eigenvalue weighted by atomic mass is 9.87. The first-order chi connectivity index (χ1) is 11.7. The van der Waals surface area contributed by atoms with Crippen LogP contribution in [0.1, 0.15) is 33.3 Å². The van der Waals surface area contributed by atoms with E-state index in [9.17, 15) is 14.9 Å². The van der Waals surface area contributed by atoms with Gasteiger partial charge in [0.05, 0.1) is 4.92 Å². The Hall–Kier alpha value is -2.89. The summed E-state index contributed by atoms with van der Waals surface area (Å²) in [5.41, 5.74) is 1.19. The second kappa shape index (κ2) is 7.34. The SMILES string of the molecule is CC(Oc1ccc(C(C)(C)C)cc1)C(=O)Nc1ccccc1[N+](=O)[O-]. The van der Waals surface area contributed by atoms with Gasteiger partial charge in [0.2, 0.25) is 0 Å². The largest absolute Gasteiger partial charge is 0.481 e. The highest BCUT2D eigenvalue weighted by Gasteiger charge is 2.20. The molecule has 1 amide bonds. The number of hydrogen-bond acceptors (Lipinski definition) is 4. The Balaban J connectivity index is 2.05. The fourth-order valence-electron chi connectivity index (χ4n) is 2.26. The molecule has 0 aliphatic rings. The highest BCUT2D eigenvalue weighted by molar-refractivity contribution is 5.96. The molecule has 2 aromatic carbocycles. The van der Waals surface area contributed by atoms with Crippen molar-refractivity contribution in [1.82, 2.24) is 0 Å². The van der Waals surface area contributed by atoms with E-state index in [0.717, 1.165) is 5.56 Å². The Kier molecular flexibility index (Phi) is 5.41. The summed E-state index contributed by atoms with van der Waals surface area (Å²) in [6.45, 7) is 7.95. The van der Waals surface area contributed by atoms with E-state index in [1.165, 1.54) is 12.1 Å². The van der Waals surface area contributed by atoms with Crippen LogP contribution in [0.3, 0.4) is 0 Å². The Bertz CT molecular complexity index is 764. The predicted molar refractivity (Wildman–Crippen MR) is 97.0 cm³/mol. The normalized spacial score (nSPS) is 12.3. The maximum Gasteiger partial charge on any atom is 0.292 e. The molecule has 0 aliphatic heterocycles. The molecule has 0 aromatic heterocycles. The van der Waals surface area contributed by atoms with Gasteiger partial charge in [-0.1, -0.05) is 45.0 Å². The Labute approximate surface area is 147 Å². The van der Waals surface area contributed by atoms with Crippen LogP contribution in [0.15, 0.2) is 48.5 Å². The van der Waals surface area contributed by atoms with E-state index in [-0.39, 0.29) is 16.8 Å². The summed E-state index contributed by atoms with van der Waals surface area (Å²) < 4.78 is 5.63. The smallest absolute Gasteiger partial charge is 0.292 e. The summed E-state index contributed by atoms with van der Waals surface area (Å²) in [6.07, 6.45) is -0.791. The Morgan fingerprint density at radius 3 is 2.28 bits per heavy atom. The zero-order chi connectivity index (χ0) is 18.6. The van der Waals surface area contributed by atoms with Crippen molar-refractivity contribution in [3.63, 3.8) is 0 Å². The van der Waals surface area contributed by atoms with E-state index in [2.05, 4.69) is 26.1 Å². The third kappa shape index (κ3) is 4.79. The minimum absolute atomic E-state index is 0.0355. The molecular formula is C19H22N2O4. The molecule has 6 nitrogen and oxygen atoms in total. The van der Waals surface area contributed by atoms with Gasteiger partial charge in [-0.15, -0.1) is 0 Å². The molecular weight excluding hydrogens is 320 g/mol. The first kappa shape index (κ1) is 18.4. The van der Waals surface area contributed by atoms with E-state index in [4.69, 9.17) is 4.74 Å². The van der Waals surface area contributed by atoms with Gasteiger partial charge in [0.1, 0.15) is 11.4 Å². The molecule has 0 bridgehead atoms. The van der Waals surface area contributed by atoms with Crippen LogP contribution in [0.5, 0.6) is 5.75 Å². The van der Waals surface area contributed by atoms with Gasteiger partial charge in [0.25, 0.3) is 11.6 Å². The van der Waals surface area contributed by atoms with Crippen molar-refractivity contribution in [2.24, 2.45) is 0 Å². The van der Waals surface area contributed by atoms with E-state index in [1.54, 1.807) is 19.1 Å². The molecule has 0 saturated heterocycles. The highest BCUT2D eigenvalue weighted by Crippen LogP contribution is 2.26. The summed E-state index contributed by atoms with van der Waals surface area (Å²) in [7, 11) is 0. The van der Waals surface area contributed by atoms with Gasteiger partial charge in [-0.25, -0.2) is 0 Å². The van der Waals surface area contributed by atoms with Crippen LogP contribution in [0.2, 0.25) is 0 Å². The maximum atomic E-state index is 12.3. The number of rotatable bonds is 5. The molecule has 132 valence electrons. The molecule has 0 spiro atoms. The number of hydrogen-bond donors (Lipinski definition) is 1. The van der Waals surface area contributed by atoms with Crippen molar-refractivity contribution in [3.05, 3.63) is 64.2 Å². The van der Waals surface area contributed by atoms with Crippen LogP contribution in [0, 0.1) is 10.1 Å². The number of carbonyl (C=O) groups is 1. The van der Waals surface area contributed by atoms with Gasteiger partial charge in [0.15, 0.2) is 6.10 Å². The zero-order valence-electron chi connectivity index (χ0n) is 14.8. The van der Waals surface area contributed by atoms with Crippen LogP contribution in [0.4, 0.5) is 11.4 Å². The van der Waals surface area contributed by atoms with Crippen LogP contribution >= 0.6 is 0 Å². The van der Waals surface area contributed by atoms with Crippen LogP contribution < -0.4 is 10.1 Å². The van der Waals surface area contributed by atoms with E-state index in [0.29, 0.717) is 5.75 Å². The number of para-hydroxylation sites is 2. The van der Waals surface area contributed by atoms with Crippen LogP contribution in [-0.4, -0.2) is 16.9 Å². The van der Waals surface area contributed by atoms with Crippen LogP contribution in [-0.2, 0) is 10.2 Å². The minimum Gasteiger partial charge on any atom is -0.481 e. The highest BCUT2D eigenvalue weighted by atomic mass is 16.6. The van der Waals surface area contributed by atoms with Crippen molar-refractivity contribution in [2.75, 3.05) is 5.32 Å². The van der Waals surface area contributed by atoms with Crippen molar-refractivity contribution in [1.29, 1.82) is 0 Å². The number of nitro groups is 1. The number of nitrogens with zero attached hydrogens (tertiary/aromatic N) is 1. The fourth-order valence-corrected chi connectivity index (χ4v) is 2.26. The zero-order valence-corrected chi connectivity index (χ0v) is 14.8. The Morgan fingerprint density at radius 2 is 1.72 bits per heavy atom. The number of amides is 1. The number of benzene rings is 2. The van der Waals surface area contributed by atoms with Crippen molar-refractivity contribution >= 4 is 17.3 Å². The molecule has 6 heteroatoms. The lowest BCUT2D eigenvalue weighted by Gasteiger charge is -2.20. The van der Waals surface area contributed by atoms with E-state index in [1.807, 2.05) is 24.3 Å². The third-order valence-electron chi connectivity index (χ3n) is 3.76. The molecule has 1 unspecified atom stereocenters. The lowest BCUT2D eigenvalue weighted by molar-refractivity contribution is -0.383. The average molecular weight is 342 g/mol. The summed E-state index contributed by atoms with van der Waals surface area (Å²) in [5, 5.41) is 13.5. The van der Waals surface area contributed by atoms with Gasteiger partial charge in [-0.05, 0) is 36.1 Å². The Morgan fingerprint density at radius 1 is 1.12 bits per heavy atom. The van der Waals surface area contributed by atoms with E-state index < -0.39 is 16.9 Å². The quantitative estimate of drug-likeness (QED) is 0.649. The lowest BCUT2D eigenvalue weighted by Crippen LogP contribution is -2.30. The summed E-state index contributed by atoms with van der Waals surface area (Å²) in [6, 6.07) is 13.5. The molecule has 1 N–H and O–H groups in total. The standard InChI is InChI=1S/C19H22N2O4/c1-13(25-15-11-9-14(10-12-15)19(2,3)4)18(22)20-16-7-5-6-8-17(16)21(23)24/h5-13H,1-4H3,(H,20,22). The molecule has 2 aromatic rings. The van der Waals surface area contributed by atoms with Crippen LogP contribution in [0.25, 0.3) is 0 Å². The summed E-state index contributed by atoms with van der Waals surface area (Å²) >= 11 is 0. The van der Waals surface area contributed by atoms with Gasteiger partial charge in [0, 0.05) is 6.07 Å². The van der Waals surface area contributed by atoms with Crippen molar-refractivity contribution in [2.45, 2.75) is 39.2 Å². The monoisotopic (exact) mass is 342 g/mol. The van der Waals surface area contributed by atoms with E-state index >= 15 is 0 Å². The van der Waals surface area contributed by atoms with Crippen molar-refractivity contribution < 1.29 is 14.5 Å². The summed E-state index contributed by atoms with van der Waals surface area (Å²) in [5.74, 6) is 0.118. The number of nitro benzene ring substituents is 1. The van der Waals surface area contributed by atoms with Gasteiger partial charge < -0.3 is 10.1 Å². The molecule has 1 atom stereocenters. The molecule has 2 rings (SSSR count). The molecule has 0 saturated carbocycles. The second-order valence-electron chi connectivity index (χ2n) is 6.80. The topological polar surface area (TPSA) is 81.5 Å². The maximum absolute atomic E-state index is 12.3. The minimum atomic E-state index is -0.791.